The number of hydrogen-bond acceptors (Lipinski definition) is 4. The quantitative estimate of drug-likeness (QED) is 0.413. The first-order chi connectivity index (χ1) is 13.2. The van der Waals surface area contributed by atoms with E-state index < -0.39 is 0 Å². The number of nitrogens with zero attached hydrogens (tertiary/aromatic N) is 2. The Bertz CT molecular complexity index is 1120. The van der Waals surface area contributed by atoms with Crippen LogP contribution in [0, 0.1) is 5.92 Å². The largest absolute Gasteiger partial charge is 0.283 e. The van der Waals surface area contributed by atoms with Crippen LogP contribution in [0.3, 0.4) is 0 Å². The number of carbonyl (C=O) groups excluding carboxylic acids is 1. The van der Waals surface area contributed by atoms with Crippen LogP contribution >= 0.6 is 23.1 Å². The minimum absolute atomic E-state index is 0.159. The Balaban J connectivity index is 1.47. The van der Waals surface area contributed by atoms with Crippen molar-refractivity contribution in [2.75, 3.05) is 5.75 Å². The Labute approximate surface area is 166 Å². The standard InChI is InChI=1S/C22H20N2OS2/c1-14-10-11-19-16(12-14)15-6-2-4-8-18(15)24(19)21(25)13-26-22-23-17-7-3-5-9-20(17)27-22/h2-9,14H,10-13H2,1H3/t14-/m0/s1. The van der Waals surface area contributed by atoms with Gasteiger partial charge in [0, 0.05) is 11.1 Å². The first kappa shape index (κ1) is 17.0. The highest BCUT2D eigenvalue weighted by Gasteiger charge is 2.25. The van der Waals surface area contributed by atoms with Gasteiger partial charge in [0.2, 0.25) is 5.91 Å². The fourth-order valence-corrected chi connectivity index (χ4v) is 5.99. The van der Waals surface area contributed by atoms with Crippen LogP contribution in [0.4, 0.5) is 0 Å². The summed E-state index contributed by atoms with van der Waals surface area (Å²) < 4.78 is 4.12. The van der Waals surface area contributed by atoms with Crippen LogP contribution in [0.15, 0.2) is 52.9 Å². The van der Waals surface area contributed by atoms with E-state index in [0.717, 1.165) is 34.6 Å². The fraction of sp³-hybridized carbons (Fsp3) is 0.273. The molecular weight excluding hydrogens is 372 g/mol. The van der Waals surface area contributed by atoms with Crippen LogP contribution in [0.25, 0.3) is 21.1 Å². The van der Waals surface area contributed by atoms with E-state index in [-0.39, 0.29) is 5.91 Å². The maximum atomic E-state index is 13.2. The van der Waals surface area contributed by atoms with Gasteiger partial charge < -0.3 is 0 Å². The second-order valence-corrected chi connectivity index (χ2v) is 9.51. The van der Waals surface area contributed by atoms with Gasteiger partial charge in [0.05, 0.1) is 21.5 Å². The number of thioether (sulfide) groups is 1. The lowest BCUT2D eigenvalue weighted by Gasteiger charge is -2.20. The van der Waals surface area contributed by atoms with Gasteiger partial charge in [-0.2, -0.15) is 0 Å². The highest BCUT2D eigenvalue weighted by molar-refractivity contribution is 8.01. The molecule has 0 spiro atoms. The molecule has 0 N–H and O–H groups in total. The zero-order chi connectivity index (χ0) is 18.4. The minimum Gasteiger partial charge on any atom is -0.283 e. The maximum absolute atomic E-state index is 13.2. The number of hydrogen-bond donors (Lipinski definition) is 0. The molecule has 1 atom stereocenters. The molecule has 1 aliphatic rings. The predicted molar refractivity (Wildman–Crippen MR) is 114 cm³/mol. The number of benzene rings is 2. The van der Waals surface area contributed by atoms with Crippen molar-refractivity contribution in [2.45, 2.75) is 30.5 Å². The van der Waals surface area contributed by atoms with Gasteiger partial charge in [-0.25, -0.2) is 4.98 Å². The molecule has 27 heavy (non-hydrogen) atoms. The molecule has 0 saturated carbocycles. The predicted octanol–water partition coefficient (Wildman–Crippen LogP) is 5.81. The van der Waals surface area contributed by atoms with E-state index >= 15 is 0 Å². The van der Waals surface area contributed by atoms with E-state index in [1.807, 2.05) is 28.8 Å². The lowest BCUT2D eigenvalue weighted by Crippen LogP contribution is -2.20. The molecule has 1 aliphatic carbocycles. The van der Waals surface area contributed by atoms with Crippen LogP contribution in [0.5, 0.6) is 0 Å². The first-order valence-corrected chi connectivity index (χ1v) is 11.1. The Morgan fingerprint density at radius 1 is 1.22 bits per heavy atom. The van der Waals surface area contributed by atoms with Gasteiger partial charge in [0.25, 0.3) is 0 Å². The van der Waals surface area contributed by atoms with Crippen LogP contribution < -0.4 is 0 Å². The van der Waals surface area contributed by atoms with Crippen molar-refractivity contribution in [1.29, 1.82) is 0 Å². The Hall–Kier alpha value is -2.11. The van der Waals surface area contributed by atoms with Gasteiger partial charge in [0.1, 0.15) is 0 Å². The van der Waals surface area contributed by atoms with E-state index in [0.29, 0.717) is 11.7 Å². The summed E-state index contributed by atoms with van der Waals surface area (Å²) in [7, 11) is 0. The lowest BCUT2D eigenvalue weighted by molar-refractivity contribution is 0.0943. The van der Waals surface area contributed by atoms with E-state index in [1.165, 1.54) is 21.3 Å². The third-order valence-corrected chi connectivity index (χ3v) is 7.52. The number of aromatic nitrogens is 2. The fourth-order valence-electron chi connectivity index (χ4n) is 4.07. The molecule has 3 nitrogen and oxygen atoms in total. The van der Waals surface area contributed by atoms with Gasteiger partial charge in [-0.1, -0.05) is 49.0 Å². The van der Waals surface area contributed by atoms with E-state index in [9.17, 15) is 4.79 Å². The molecule has 5 rings (SSSR count). The lowest BCUT2D eigenvalue weighted by atomic mass is 9.88. The smallest absolute Gasteiger partial charge is 0.241 e. The number of fused-ring (bicyclic) bond motifs is 4. The molecule has 2 aromatic heterocycles. The second-order valence-electron chi connectivity index (χ2n) is 7.26. The zero-order valence-electron chi connectivity index (χ0n) is 15.1. The topological polar surface area (TPSA) is 34.9 Å². The molecular formula is C22H20N2OS2. The molecule has 0 unspecified atom stereocenters. The summed E-state index contributed by atoms with van der Waals surface area (Å²) in [6.07, 6.45) is 3.21. The summed E-state index contributed by atoms with van der Waals surface area (Å²) in [5.41, 5.74) is 4.67. The van der Waals surface area contributed by atoms with Crippen LogP contribution in [0.2, 0.25) is 0 Å². The van der Waals surface area contributed by atoms with Crippen LogP contribution in [-0.4, -0.2) is 21.2 Å². The number of rotatable bonds is 3. The van der Waals surface area contributed by atoms with E-state index in [2.05, 4.69) is 36.2 Å². The molecule has 0 bridgehead atoms. The monoisotopic (exact) mass is 392 g/mol. The second kappa shape index (κ2) is 6.80. The summed E-state index contributed by atoms with van der Waals surface area (Å²) in [6, 6.07) is 16.5. The summed E-state index contributed by atoms with van der Waals surface area (Å²) in [4.78, 5) is 17.8. The number of thiazole rings is 1. The van der Waals surface area contributed by atoms with Crippen molar-refractivity contribution < 1.29 is 4.79 Å². The average Bonchev–Trinajstić information content (AvgIpc) is 3.24. The summed E-state index contributed by atoms with van der Waals surface area (Å²) in [6.45, 7) is 2.31. The summed E-state index contributed by atoms with van der Waals surface area (Å²) in [5, 5.41) is 1.25. The highest BCUT2D eigenvalue weighted by Crippen LogP contribution is 2.35. The molecule has 2 heterocycles. The molecule has 5 heteroatoms. The molecule has 2 aromatic carbocycles. The third kappa shape index (κ3) is 2.99. The Morgan fingerprint density at radius 3 is 2.93 bits per heavy atom. The highest BCUT2D eigenvalue weighted by atomic mass is 32.2. The first-order valence-electron chi connectivity index (χ1n) is 9.33. The van der Waals surface area contributed by atoms with E-state index in [1.54, 1.807) is 23.1 Å². The molecule has 0 fully saturated rings. The minimum atomic E-state index is 0.159. The average molecular weight is 393 g/mol. The van der Waals surface area contributed by atoms with E-state index in [4.69, 9.17) is 0 Å². The van der Waals surface area contributed by atoms with Gasteiger partial charge >= 0.3 is 0 Å². The normalized spacial score (nSPS) is 16.7. The van der Waals surface area contributed by atoms with Gasteiger partial charge in [-0.3, -0.25) is 9.36 Å². The Morgan fingerprint density at radius 2 is 2.04 bits per heavy atom. The molecule has 0 saturated heterocycles. The van der Waals surface area contributed by atoms with Crippen molar-refractivity contribution in [3.05, 3.63) is 59.8 Å². The zero-order valence-corrected chi connectivity index (χ0v) is 16.8. The maximum Gasteiger partial charge on any atom is 0.241 e. The summed E-state index contributed by atoms with van der Waals surface area (Å²) >= 11 is 3.21. The molecule has 4 aromatic rings. The number of carbonyl (C=O) groups is 1. The van der Waals surface area contributed by atoms with Gasteiger partial charge in [0.15, 0.2) is 4.34 Å². The third-order valence-electron chi connectivity index (χ3n) is 5.36. The van der Waals surface area contributed by atoms with Crippen molar-refractivity contribution in [3.8, 4) is 0 Å². The van der Waals surface area contributed by atoms with Crippen molar-refractivity contribution in [3.63, 3.8) is 0 Å². The number of para-hydroxylation sites is 2. The SMILES string of the molecule is C[C@H]1CCc2c(c3ccccc3n2C(=O)CSc2nc3ccccc3s2)C1. The van der Waals surface area contributed by atoms with Crippen molar-refractivity contribution in [2.24, 2.45) is 5.92 Å². The van der Waals surface area contributed by atoms with Crippen LogP contribution in [-0.2, 0) is 12.8 Å². The van der Waals surface area contributed by atoms with Crippen LogP contribution in [0.1, 0.15) is 29.4 Å². The van der Waals surface area contributed by atoms with Gasteiger partial charge in [-0.15, -0.1) is 11.3 Å². The molecule has 136 valence electrons. The van der Waals surface area contributed by atoms with Crippen molar-refractivity contribution in [1.82, 2.24) is 9.55 Å². The molecule has 0 radical (unpaired) electrons. The molecule has 0 amide bonds. The van der Waals surface area contributed by atoms with Crippen molar-refractivity contribution >= 4 is 50.1 Å². The Kier molecular flexibility index (Phi) is 4.29. The van der Waals surface area contributed by atoms with Gasteiger partial charge in [-0.05, 0) is 48.9 Å². The molecule has 0 aliphatic heterocycles. The summed E-state index contributed by atoms with van der Waals surface area (Å²) in [5.74, 6) is 1.26.